The van der Waals surface area contributed by atoms with Crippen LogP contribution >= 0.6 is 14.4 Å². The fourth-order valence-corrected chi connectivity index (χ4v) is 0. The summed E-state index contributed by atoms with van der Waals surface area (Å²) in [6, 6.07) is 0. The van der Waals surface area contributed by atoms with Crippen molar-refractivity contribution in [3.8, 4) is 0 Å². The quantitative estimate of drug-likeness (QED) is 0.439. The molecule has 0 spiro atoms. The zero-order valence-corrected chi connectivity index (χ0v) is 11.1. The summed E-state index contributed by atoms with van der Waals surface area (Å²) in [5.74, 6) is 0. The van der Waals surface area contributed by atoms with Crippen molar-refractivity contribution in [2.45, 2.75) is 0 Å². The van der Waals surface area contributed by atoms with Gasteiger partial charge in [0, 0.05) is 0 Å². The molecule has 0 aliphatic heterocycles. The minimum atomic E-state index is -0.458. The van der Waals surface area contributed by atoms with Gasteiger partial charge >= 0.3 is 51.7 Å². The first-order valence-corrected chi connectivity index (χ1v) is 20.2. The molecule has 0 aliphatic carbocycles. The summed E-state index contributed by atoms with van der Waals surface area (Å²) in [5.41, 5.74) is 0. The Morgan fingerprint density at radius 2 is 0.714 bits per heavy atom. The molecule has 7 heteroatoms. The van der Waals surface area contributed by atoms with Gasteiger partial charge in [0.25, 0.3) is 0 Å². The Kier molecular flexibility index (Phi) is 196. The molecule has 0 heterocycles. The number of hydrogen-bond donors (Lipinski definition) is 0. The van der Waals surface area contributed by atoms with Gasteiger partial charge in [0.2, 0.25) is 0 Å². The van der Waals surface area contributed by atoms with Crippen LogP contribution in [0, 0.1) is 0 Å². The Morgan fingerprint density at radius 1 is 0.714 bits per heavy atom. The standard InChI is InChI=1S/Ba.2BrH.4H2O/h;2*1H;4*1H2/q+2;;;;;;/p-2. The second-order valence-electron chi connectivity index (χ2n) is 0.101. The van der Waals surface area contributed by atoms with Crippen LogP contribution in [0.4, 0.5) is 0 Å². The molecule has 0 saturated heterocycles. The summed E-state index contributed by atoms with van der Waals surface area (Å²) in [4.78, 5) is 0. The van der Waals surface area contributed by atoms with E-state index in [-0.39, 0.29) is 21.9 Å². The van der Waals surface area contributed by atoms with E-state index >= 15 is 0 Å². The first kappa shape index (κ1) is 34.4. The fraction of sp³-hybridized carbons (Fsp3) is 0. The molecule has 0 atom stereocenters. The van der Waals surface area contributed by atoms with Gasteiger partial charge < -0.3 is 21.9 Å². The molecule has 0 aliphatic rings. The predicted molar refractivity (Wildman–Crippen MR) is 38.1 cm³/mol. The average Bonchev–Trinajstić information content (AvgIpc) is 0.918. The molecular weight excluding hydrogens is 361 g/mol. The van der Waals surface area contributed by atoms with Gasteiger partial charge in [-0.1, -0.05) is 0 Å². The predicted octanol–water partition coefficient (Wildman–Crippen LogP) is -1.99. The van der Waals surface area contributed by atoms with Crippen LogP contribution in [0.3, 0.4) is 0 Å². The van der Waals surface area contributed by atoms with Crippen molar-refractivity contribution in [2.75, 3.05) is 0 Å². The van der Waals surface area contributed by atoms with Crippen LogP contribution in [0.1, 0.15) is 0 Å². The van der Waals surface area contributed by atoms with Crippen molar-refractivity contribution in [3.05, 3.63) is 0 Å². The van der Waals surface area contributed by atoms with E-state index < -0.39 is 37.3 Å². The first-order valence-electron chi connectivity index (χ1n) is 0.535. The third kappa shape index (κ3) is 60.4. The van der Waals surface area contributed by atoms with E-state index in [0.717, 1.165) is 0 Å². The minimum absolute atomic E-state index is 0. The van der Waals surface area contributed by atoms with Crippen molar-refractivity contribution in [2.24, 2.45) is 0 Å². The molecule has 0 saturated carbocycles. The van der Waals surface area contributed by atoms with E-state index in [2.05, 4.69) is 14.4 Å². The third-order valence-electron chi connectivity index (χ3n) is 0. The maximum absolute atomic E-state index is 3.28. The zero-order valence-electron chi connectivity index (χ0n) is 3.46. The van der Waals surface area contributed by atoms with E-state index in [1.807, 2.05) is 0 Å². The fourth-order valence-electron chi connectivity index (χ4n) is 0. The maximum atomic E-state index is 3.28. The molecule has 0 amide bonds. The Bertz CT molecular complexity index is 9.65. The zero-order chi connectivity index (χ0) is 2.71. The Labute approximate surface area is 71.7 Å². The molecule has 8 N–H and O–H groups in total. The summed E-state index contributed by atoms with van der Waals surface area (Å²) in [7, 11) is 6.57. The SMILES string of the molecule is O.O.O.O.[Br][Ba][Br]. The Morgan fingerprint density at radius 3 is 0.714 bits per heavy atom. The molecule has 0 fully saturated rings. The van der Waals surface area contributed by atoms with Gasteiger partial charge in [0.15, 0.2) is 0 Å². The van der Waals surface area contributed by atoms with Gasteiger partial charge in [0.05, 0.1) is 0 Å². The van der Waals surface area contributed by atoms with Gasteiger partial charge in [0.1, 0.15) is 0 Å². The van der Waals surface area contributed by atoms with E-state index in [0.29, 0.717) is 0 Å². The van der Waals surface area contributed by atoms with Crippen LogP contribution in [0.2, 0.25) is 0 Å². The van der Waals surface area contributed by atoms with Crippen molar-refractivity contribution in [3.63, 3.8) is 0 Å². The summed E-state index contributed by atoms with van der Waals surface area (Å²) in [6.45, 7) is 0. The van der Waals surface area contributed by atoms with Crippen LogP contribution < -0.4 is 0 Å². The average molecular weight is 369 g/mol. The third-order valence-corrected chi connectivity index (χ3v) is 0. The molecule has 0 aromatic carbocycles. The molecule has 0 rings (SSSR count). The van der Waals surface area contributed by atoms with Crippen molar-refractivity contribution < 1.29 is 21.9 Å². The van der Waals surface area contributed by atoms with Gasteiger partial charge in [-0.3, -0.25) is 0 Å². The molecule has 0 aromatic heterocycles. The van der Waals surface area contributed by atoms with Crippen LogP contribution in [-0.2, 0) is 0 Å². The number of halogens is 2. The van der Waals surface area contributed by atoms with Gasteiger partial charge in [-0.2, -0.15) is 0 Å². The Hall–Kier alpha value is 2.37. The normalized spacial score (nSPS) is 1.43. The molecule has 0 unspecified atom stereocenters. The van der Waals surface area contributed by atoms with Gasteiger partial charge in [-0.15, -0.1) is 0 Å². The van der Waals surface area contributed by atoms with Crippen molar-refractivity contribution >= 4 is 51.7 Å². The summed E-state index contributed by atoms with van der Waals surface area (Å²) in [6.07, 6.45) is 0. The van der Waals surface area contributed by atoms with Crippen LogP contribution in [0.25, 0.3) is 0 Å². The molecule has 0 radical (unpaired) electrons. The van der Waals surface area contributed by atoms with E-state index in [1.54, 1.807) is 0 Å². The molecule has 0 bridgehead atoms. The van der Waals surface area contributed by atoms with Gasteiger partial charge in [-0.25, -0.2) is 0 Å². The van der Waals surface area contributed by atoms with E-state index in [9.17, 15) is 0 Å². The molecule has 4 nitrogen and oxygen atoms in total. The molecule has 0 aromatic rings. The van der Waals surface area contributed by atoms with E-state index in [1.165, 1.54) is 0 Å². The van der Waals surface area contributed by atoms with Crippen molar-refractivity contribution in [1.29, 1.82) is 0 Å². The summed E-state index contributed by atoms with van der Waals surface area (Å²) >= 11 is -0.458. The van der Waals surface area contributed by atoms with Crippen LogP contribution in [0.5, 0.6) is 0 Å². The second-order valence-corrected chi connectivity index (χ2v) is 19.9. The molecule has 48 valence electrons. The summed E-state index contributed by atoms with van der Waals surface area (Å²) in [5, 5.41) is 0. The first-order chi connectivity index (χ1) is 1.41. The van der Waals surface area contributed by atoms with Crippen LogP contribution in [0.15, 0.2) is 0 Å². The number of hydrogen-bond acceptors (Lipinski definition) is 0. The van der Waals surface area contributed by atoms with Crippen LogP contribution in [-0.4, -0.2) is 59.2 Å². The monoisotopic (exact) mass is 368 g/mol. The molecule has 7 heavy (non-hydrogen) atoms. The number of rotatable bonds is 0. The molecular formula is H8BaBr2O4. The van der Waals surface area contributed by atoms with Crippen molar-refractivity contribution in [1.82, 2.24) is 0 Å². The Balaban J connectivity index is -0.00000000333. The topological polar surface area (TPSA) is 126 Å². The van der Waals surface area contributed by atoms with E-state index in [4.69, 9.17) is 0 Å². The van der Waals surface area contributed by atoms with Gasteiger partial charge in [-0.05, 0) is 0 Å². The summed E-state index contributed by atoms with van der Waals surface area (Å²) < 4.78 is 0. The second kappa shape index (κ2) is 40.0.